The molecule has 0 fully saturated rings. The fraction of sp³-hybridized carbons (Fsp3) is 0.468. The van der Waals surface area contributed by atoms with Gasteiger partial charge in [-0.3, -0.25) is 24.9 Å². The topological polar surface area (TPSA) is 162 Å². The fourth-order valence-corrected chi connectivity index (χ4v) is 8.69. The Balaban J connectivity index is 0.000000373. The van der Waals surface area contributed by atoms with Crippen LogP contribution in [0.5, 0.6) is 0 Å². The standard InChI is InChI=1S/C22H30N5.C15H21N4.C13H16N3.C12H14N3.3Ir.Ni/c1-5-9-16(7-3)18-11-12-23-22-21(18)26-15-27(22)20-14-24-19(13-25-20)17(8-4)10-6-2;1-5-11(3)13-7-17-15(8-16-13)19-9-14(18-10-19)12(4)6-2;1-10(2)11(3)13-14-9-15-16(13)12-7-5-4-6-8-12;1-3-10(2)12-14-8-9-15(12)11-6-4-5-7-13-11;;;;/h11-14,16-17H,5-10H2,1-4H3;7-9,11-12H,5-6H2,1-4H3;4-7,9-11H,1-3H3;4-8,10H,3H2,1-2H3;;;;/q4*-1;;;;. The Labute approximate surface area is 533 Å². The third kappa shape index (κ3) is 19.6. The summed E-state index contributed by atoms with van der Waals surface area (Å²) in [6, 6.07) is 18.9. The van der Waals surface area contributed by atoms with Crippen molar-refractivity contribution in [2.45, 2.75) is 183 Å². The van der Waals surface area contributed by atoms with Crippen LogP contribution in [-0.2, 0) is 76.8 Å². The van der Waals surface area contributed by atoms with E-state index in [0.29, 0.717) is 41.4 Å². The Morgan fingerprint density at radius 2 is 1.19 bits per heavy atom. The molecular formula is C62H81Ir3N15Ni-4. The molecule has 0 N–H and O–H groups in total. The minimum absolute atomic E-state index is 0. The van der Waals surface area contributed by atoms with Gasteiger partial charge in [0.25, 0.3) is 0 Å². The molecule has 0 saturated carbocycles. The molecule has 9 rings (SSSR count). The molecule has 0 aliphatic carbocycles. The number of hydrogen-bond acceptors (Lipinski definition) is 11. The predicted octanol–water partition coefficient (Wildman–Crippen LogP) is 14.5. The molecule has 0 amide bonds. The van der Waals surface area contributed by atoms with Crippen molar-refractivity contribution >= 4 is 11.2 Å². The first-order chi connectivity index (χ1) is 37.4. The first kappa shape index (κ1) is 72.3. The molecule has 81 heavy (non-hydrogen) atoms. The summed E-state index contributed by atoms with van der Waals surface area (Å²) in [5.41, 5.74) is 7.10. The van der Waals surface area contributed by atoms with Crippen molar-refractivity contribution < 1.29 is 76.8 Å². The van der Waals surface area contributed by atoms with Crippen LogP contribution >= 0.6 is 0 Å². The summed E-state index contributed by atoms with van der Waals surface area (Å²) < 4.78 is 7.43. The van der Waals surface area contributed by atoms with Crippen molar-refractivity contribution in [3.05, 3.63) is 164 Å². The molecule has 0 saturated heterocycles. The second-order valence-electron chi connectivity index (χ2n) is 20.1. The summed E-state index contributed by atoms with van der Waals surface area (Å²) in [5.74, 6) is 7.64. The van der Waals surface area contributed by atoms with E-state index in [1.54, 1.807) is 24.9 Å². The summed E-state index contributed by atoms with van der Waals surface area (Å²) in [6.45, 7) is 28.4. The Kier molecular flexibility index (Phi) is 33.3. The number of rotatable bonds is 20. The normalized spacial score (nSPS) is 12.9. The predicted molar refractivity (Wildman–Crippen MR) is 307 cm³/mol. The van der Waals surface area contributed by atoms with Crippen LogP contribution in [0.2, 0.25) is 0 Å². The van der Waals surface area contributed by atoms with Crippen molar-refractivity contribution in [1.29, 1.82) is 0 Å². The molecule has 3 radical (unpaired) electrons. The molecule has 1 aromatic carbocycles. The molecule has 8 aromatic heterocycles. The molecule has 6 atom stereocenters. The molecule has 445 valence electrons. The summed E-state index contributed by atoms with van der Waals surface area (Å²) in [4.78, 5) is 44.6. The van der Waals surface area contributed by atoms with E-state index < -0.39 is 0 Å². The van der Waals surface area contributed by atoms with Gasteiger partial charge in [0.1, 0.15) is 12.2 Å². The van der Waals surface area contributed by atoms with Crippen LogP contribution in [0.3, 0.4) is 0 Å². The van der Waals surface area contributed by atoms with Crippen LogP contribution in [0.25, 0.3) is 34.3 Å². The Morgan fingerprint density at radius 1 is 0.531 bits per heavy atom. The van der Waals surface area contributed by atoms with Gasteiger partial charge in [0.2, 0.25) is 0 Å². The van der Waals surface area contributed by atoms with Gasteiger partial charge in [0.05, 0.1) is 23.0 Å². The van der Waals surface area contributed by atoms with Gasteiger partial charge in [0.15, 0.2) is 0 Å². The Hall–Kier alpha value is -4.85. The van der Waals surface area contributed by atoms with Gasteiger partial charge < -0.3 is 33.6 Å². The molecular weight excluding hydrogens is 1590 g/mol. The van der Waals surface area contributed by atoms with Crippen molar-refractivity contribution in [2.24, 2.45) is 5.92 Å². The van der Waals surface area contributed by atoms with Gasteiger partial charge in [-0.25, -0.2) is 9.67 Å². The van der Waals surface area contributed by atoms with Crippen LogP contribution in [-0.4, -0.2) is 73.3 Å². The van der Waals surface area contributed by atoms with E-state index >= 15 is 0 Å². The first-order valence-electron chi connectivity index (χ1n) is 28.0. The molecule has 0 aliphatic heterocycles. The van der Waals surface area contributed by atoms with E-state index in [-0.39, 0.29) is 76.8 Å². The zero-order valence-electron chi connectivity index (χ0n) is 49.2. The maximum Gasteiger partial charge on any atom is 0.138 e. The van der Waals surface area contributed by atoms with Gasteiger partial charge in [0, 0.05) is 156 Å². The van der Waals surface area contributed by atoms with Gasteiger partial charge in [-0.05, 0) is 91.2 Å². The van der Waals surface area contributed by atoms with Gasteiger partial charge >= 0.3 is 0 Å². The number of para-hydroxylation sites is 1. The van der Waals surface area contributed by atoms with E-state index in [0.717, 1.165) is 121 Å². The molecule has 6 unspecified atom stereocenters. The van der Waals surface area contributed by atoms with Crippen LogP contribution in [0.4, 0.5) is 0 Å². The second kappa shape index (κ2) is 37.4. The zero-order valence-corrected chi connectivity index (χ0v) is 57.4. The largest absolute Gasteiger partial charge is 0.450 e. The molecule has 19 heteroatoms. The third-order valence-electron chi connectivity index (χ3n) is 14.5. The van der Waals surface area contributed by atoms with Crippen molar-refractivity contribution in [3.8, 4) is 23.1 Å². The maximum absolute atomic E-state index is 4.68. The Bertz CT molecular complexity index is 3070. The number of hydrogen-bond donors (Lipinski definition) is 0. The van der Waals surface area contributed by atoms with Crippen LogP contribution in [0, 0.1) is 30.8 Å². The van der Waals surface area contributed by atoms with Crippen molar-refractivity contribution in [1.82, 2.24) is 73.3 Å². The van der Waals surface area contributed by atoms with E-state index in [4.69, 9.17) is 0 Å². The summed E-state index contributed by atoms with van der Waals surface area (Å²) in [6.07, 6.45) is 35.5. The van der Waals surface area contributed by atoms with Crippen molar-refractivity contribution in [2.75, 3.05) is 0 Å². The van der Waals surface area contributed by atoms with Gasteiger partial charge in [-0.1, -0.05) is 151 Å². The number of imidazole rings is 3. The molecule has 8 heterocycles. The summed E-state index contributed by atoms with van der Waals surface area (Å²) >= 11 is 0. The van der Waals surface area contributed by atoms with Crippen LogP contribution in [0.15, 0.2) is 104 Å². The zero-order chi connectivity index (χ0) is 55.3. The van der Waals surface area contributed by atoms with E-state index in [9.17, 15) is 0 Å². The van der Waals surface area contributed by atoms with Crippen LogP contribution in [0.1, 0.15) is 218 Å². The molecule has 0 bridgehead atoms. The van der Waals surface area contributed by atoms with Crippen molar-refractivity contribution in [3.63, 3.8) is 0 Å². The first-order valence-corrected chi connectivity index (χ1v) is 28.0. The smallest absolute Gasteiger partial charge is 0.138 e. The quantitative estimate of drug-likeness (QED) is 0.0527. The number of nitrogens with zero attached hydrogens (tertiary/aromatic N) is 15. The average molecular weight is 1670 g/mol. The summed E-state index contributed by atoms with van der Waals surface area (Å²) in [7, 11) is 0. The number of pyridine rings is 2. The minimum Gasteiger partial charge on any atom is -0.450 e. The third-order valence-corrected chi connectivity index (χ3v) is 14.5. The Morgan fingerprint density at radius 3 is 1.78 bits per heavy atom. The van der Waals surface area contributed by atoms with Gasteiger partial charge in [-0.2, -0.15) is 29.4 Å². The fourth-order valence-electron chi connectivity index (χ4n) is 8.69. The number of benzene rings is 1. The average Bonchev–Trinajstić information content (AvgIpc) is 4.48. The summed E-state index contributed by atoms with van der Waals surface area (Å²) in [5, 5.41) is 4.26. The minimum atomic E-state index is 0. The SMILES string of the molecule is CC(C)C(C)c1ncnn1-c1[c-]cccc1.CCC(C)c1cn(-c2cnc(C(C)CC)cn2)[c-]n1.CCC(C)c1nc[c-]n1-c1ccccn1.CCCC(CC)c1cnc(-n2[c-]nc3c(C(CC)CCC)ccnc32)cn1.[Ir].[Ir].[Ir].[Ni]. The molecule has 0 spiro atoms. The second-order valence-corrected chi connectivity index (χ2v) is 20.1. The molecule has 0 aliphatic rings. The van der Waals surface area contributed by atoms with E-state index in [1.165, 1.54) is 5.56 Å². The maximum atomic E-state index is 4.68. The van der Waals surface area contributed by atoms with Gasteiger partial charge in [-0.15, -0.1) is 6.07 Å². The van der Waals surface area contributed by atoms with E-state index in [1.807, 2.05) is 91.8 Å². The number of aromatic nitrogens is 15. The van der Waals surface area contributed by atoms with E-state index in [2.05, 4.69) is 176 Å². The molecule has 15 nitrogen and oxygen atoms in total. The van der Waals surface area contributed by atoms with Crippen LogP contribution < -0.4 is 0 Å². The monoisotopic (exact) mass is 1670 g/mol. The number of fused-ring (bicyclic) bond motifs is 1. The molecule has 9 aromatic rings.